The highest BCUT2D eigenvalue weighted by molar-refractivity contribution is 6.91. The van der Waals surface area contributed by atoms with E-state index in [0.29, 0.717) is 24.9 Å². The lowest BCUT2D eigenvalue weighted by Crippen LogP contribution is -2.60. The van der Waals surface area contributed by atoms with Gasteiger partial charge in [-0.25, -0.2) is 4.79 Å². The summed E-state index contributed by atoms with van der Waals surface area (Å²) in [5.74, 6) is -1.54. The molecule has 0 heterocycles. The summed E-state index contributed by atoms with van der Waals surface area (Å²) in [5.41, 5.74) is 0. The van der Waals surface area contributed by atoms with E-state index in [1.807, 2.05) is 0 Å². The fourth-order valence-electron chi connectivity index (χ4n) is 4.56. The van der Waals surface area contributed by atoms with E-state index in [9.17, 15) is 14.7 Å². The molecule has 0 fully saturated rings. The Morgan fingerprint density at radius 3 is 0.979 bits per heavy atom. The molecule has 0 aliphatic heterocycles. The monoisotopic (exact) mass is 806 g/mol. The second-order valence-corrected chi connectivity index (χ2v) is 51.9. The Morgan fingerprint density at radius 2 is 0.723 bits per heavy atom. The van der Waals surface area contributed by atoms with Gasteiger partial charge in [-0.15, -0.1) is 0 Å². The molecule has 0 aliphatic carbocycles. The minimum absolute atomic E-state index is 0.0524. The van der Waals surface area contributed by atoms with E-state index in [4.69, 9.17) is 34.2 Å². The van der Waals surface area contributed by atoms with Gasteiger partial charge >= 0.3 is 29.5 Å². The largest absolute Gasteiger partial charge is 0.469 e. The van der Waals surface area contributed by atoms with Gasteiger partial charge in [0.2, 0.25) is 0 Å². The zero-order valence-electron chi connectivity index (χ0n) is 33.1. The molecule has 0 saturated heterocycles. The van der Waals surface area contributed by atoms with E-state index >= 15 is 0 Å². The number of hydrogen-bond acceptors (Lipinski definition) is 11. The van der Waals surface area contributed by atoms with Gasteiger partial charge in [-0.05, 0) is 131 Å². The summed E-state index contributed by atoms with van der Waals surface area (Å²) in [6.07, 6.45) is -1.16. The van der Waals surface area contributed by atoms with Gasteiger partial charge in [0.1, 0.15) is 0 Å². The highest BCUT2D eigenvalue weighted by Gasteiger charge is 2.51. The lowest BCUT2D eigenvalue weighted by atomic mass is 10.2. The van der Waals surface area contributed by atoms with Crippen molar-refractivity contribution in [1.29, 1.82) is 0 Å². The molecular formula is C28H70O11Si8. The van der Waals surface area contributed by atoms with Crippen molar-refractivity contribution in [1.82, 2.24) is 0 Å². The zero-order valence-corrected chi connectivity index (χ0v) is 41.1. The Balaban J connectivity index is 5.22. The lowest BCUT2D eigenvalue weighted by Gasteiger charge is -2.43. The summed E-state index contributed by atoms with van der Waals surface area (Å²) in [5, 5.41) is 10.4. The van der Waals surface area contributed by atoms with Crippen molar-refractivity contribution in [3.05, 3.63) is 0 Å². The predicted molar refractivity (Wildman–Crippen MR) is 209 cm³/mol. The topological polar surface area (TPSA) is 128 Å². The van der Waals surface area contributed by atoms with Crippen molar-refractivity contribution in [3.63, 3.8) is 0 Å². The van der Waals surface area contributed by atoms with Gasteiger partial charge in [-0.1, -0.05) is 0 Å². The molecule has 0 aromatic rings. The maximum Gasteiger partial charge on any atom is 0.469 e. The van der Waals surface area contributed by atoms with Gasteiger partial charge in [-0.2, -0.15) is 0 Å². The maximum atomic E-state index is 12.6. The van der Waals surface area contributed by atoms with Crippen molar-refractivity contribution in [2.24, 2.45) is 0 Å². The predicted octanol–water partition coefficient (Wildman–Crippen LogP) is 7.59. The molecule has 0 rings (SSSR count). The SMILES string of the molecule is C[Si](C)(C)O[Si](CCCOC(=O)CC(O)C(=O)OCCC[Si](O[Si](C)(C)C)(O[Si](C)(C)C)O[Si](C)(C)C)(O[Si](C)(C)C)O[Si](C)(C)C. The zero-order chi connectivity index (χ0) is 37.3. The van der Waals surface area contributed by atoms with Gasteiger partial charge in [0.15, 0.2) is 56.0 Å². The molecule has 0 spiro atoms. The maximum absolute atomic E-state index is 12.6. The standard InChI is InChI=1S/C28H70O11Si8/c1-40(2,3)34-46(35-41(4,5)6,36-42(7,8)9)23-19-21-32-27(30)25-26(29)28(31)33-22-20-24-47(37-43(10,11)12,38-44(13,14)15)39-45(16,17)18/h26,29H,19-25H2,1-18H3. The van der Waals surface area contributed by atoms with Crippen molar-refractivity contribution in [2.75, 3.05) is 13.2 Å². The Morgan fingerprint density at radius 1 is 0.468 bits per heavy atom. The van der Waals surface area contributed by atoms with Crippen LogP contribution in [0.3, 0.4) is 0 Å². The molecule has 19 heteroatoms. The molecule has 47 heavy (non-hydrogen) atoms. The Labute approximate surface area is 295 Å². The van der Waals surface area contributed by atoms with Crippen LogP contribution in [0.15, 0.2) is 0 Å². The number of aliphatic hydroxyl groups excluding tert-OH is 1. The van der Waals surface area contributed by atoms with E-state index in [1.54, 1.807) is 0 Å². The quantitative estimate of drug-likeness (QED) is 0.0623. The van der Waals surface area contributed by atoms with E-state index < -0.39 is 92.0 Å². The molecule has 0 saturated carbocycles. The molecule has 1 unspecified atom stereocenters. The highest BCUT2D eigenvalue weighted by Crippen LogP contribution is 2.31. The van der Waals surface area contributed by atoms with Crippen molar-refractivity contribution in [2.45, 2.75) is 155 Å². The third-order valence-corrected chi connectivity index (χ3v) is 29.3. The molecule has 1 N–H and O–H groups in total. The molecule has 280 valence electrons. The molecule has 11 nitrogen and oxygen atoms in total. The second-order valence-electron chi connectivity index (χ2n) is 18.0. The first-order valence-electron chi connectivity index (χ1n) is 16.9. The van der Waals surface area contributed by atoms with Gasteiger partial charge in [0.05, 0.1) is 19.6 Å². The summed E-state index contributed by atoms with van der Waals surface area (Å²) in [6.45, 7) is 38.3. The van der Waals surface area contributed by atoms with Crippen molar-refractivity contribution < 1.29 is 48.9 Å². The first kappa shape index (κ1) is 47.4. The number of esters is 2. The number of rotatable bonds is 23. The molecule has 0 aromatic heterocycles. The van der Waals surface area contributed by atoms with E-state index in [2.05, 4.69) is 118 Å². The van der Waals surface area contributed by atoms with Crippen LogP contribution in [0, 0.1) is 0 Å². The van der Waals surface area contributed by atoms with Crippen LogP contribution in [-0.4, -0.2) is 104 Å². The van der Waals surface area contributed by atoms with Crippen LogP contribution in [0.25, 0.3) is 0 Å². The Hall–Kier alpha value is 0.395. The Bertz CT molecular complexity index is 894. The first-order chi connectivity index (χ1) is 20.6. The van der Waals surface area contributed by atoms with Crippen LogP contribution in [0.2, 0.25) is 130 Å². The molecule has 0 amide bonds. The highest BCUT2D eigenvalue weighted by atomic mass is 28.5. The molecule has 1 atom stereocenters. The van der Waals surface area contributed by atoms with Gasteiger partial charge < -0.3 is 39.3 Å². The number of ether oxygens (including phenoxy) is 2. The molecule has 0 aliphatic rings. The number of hydrogen-bond donors (Lipinski definition) is 1. The van der Waals surface area contributed by atoms with Crippen molar-refractivity contribution in [3.8, 4) is 0 Å². The molecule has 0 aromatic carbocycles. The fourth-order valence-corrected chi connectivity index (χ4v) is 33.8. The second kappa shape index (κ2) is 18.2. The minimum atomic E-state index is -3.06. The van der Waals surface area contributed by atoms with Gasteiger partial charge in [0.25, 0.3) is 0 Å². The van der Waals surface area contributed by atoms with Crippen LogP contribution in [0.4, 0.5) is 0 Å². The third kappa shape index (κ3) is 25.1. The average molecular weight is 808 g/mol. The van der Waals surface area contributed by atoms with Crippen LogP contribution in [0.1, 0.15) is 19.3 Å². The molecule has 0 radical (unpaired) electrons. The molecular weight excluding hydrogens is 737 g/mol. The van der Waals surface area contributed by atoms with E-state index in [1.165, 1.54) is 0 Å². The number of carbonyl (C=O) groups is 2. The minimum Gasteiger partial charge on any atom is -0.466 e. The van der Waals surface area contributed by atoms with Gasteiger partial charge in [0, 0.05) is 12.1 Å². The average Bonchev–Trinajstić information content (AvgIpc) is 2.72. The first-order valence-corrected chi connectivity index (χ1v) is 41.2. The van der Waals surface area contributed by atoms with Gasteiger partial charge in [-0.3, -0.25) is 4.79 Å². The lowest BCUT2D eigenvalue weighted by molar-refractivity contribution is -0.160. The van der Waals surface area contributed by atoms with Crippen LogP contribution < -0.4 is 0 Å². The van der Waals surface area contributed by atoms with Crippen LogP contribution in [0.5, 0.6) is 0 Å². The number of aliphatic hydroxyl groups is 1. The third-order valence-electron chi connectivity index (χ3n) is 5.16. The Kier molecular flexibility index (Phi) is 18.4. The van der Waals surface area contributed by atoms with Crippen LogP contribution in [-0.2, 0) is 43.8 Å². The summed E-state index contributed by atoms with van der Waals surface area (Å²) in [7, 11) is -18.2. The molecule has 0 bridgehead atoms. The summed E-state index contributed by atoms with van der Waals surface area (Å²) >= 11 is 0. The smallest absolute Gasteiger partial charge is 0.466 e. The van der Waals surface area contributed by atoms with Crippen molar-refractivity contribution >= 4 is 79.5 Å². The van der Waals surface area contributed by atoms with E-state index in [0.717, 1.165) is 0 Å². The fraction of sp³-hybridized carbons (Fsp3) is 0.929. The summed E-state index contributed by atoms with van der Waals surface area (Å²) < 4.78 is 50.7. The number of carbonyl (C=O) groups excluding carboxylic acids is 2. The normalized spacial score (nSPS) is 15.0. The van der Waals surface area contributed by atoms with Crippen LogP contribution >= 0.6 is 0 Å². The summed E-state index contributed by atoms with van der Waals surface area (Å²) in [6, 6.07) is 1.03. The summed E-state index contributed by atoms with van der Waals surface area (Å²) in [4.78, 5) is 25.1. The van der Waals surface area contributed by atoms with E-state index in [-0.39, 0.29) is 13.2 Å².